The van der Waals surface area contributed by atoms with Gasteiger partial charge in [0.05, 0.1) is 5.75 Å². The first-order valence-corrected chi connectivity index (χ1v) is 8.51. The summed E-state index contributed by atoms with van der Waals surface area (Å²) in [5, 5.41) is 0.426. The molecule has 19 heavy (non-hydrogen) atoms. The molecule has 5 nitrogen and oxygen atoms in total. The predicted molar refractivity (Wildman–Crippen MR) is 88.1 cm³/mol. The Hall–Kier alpha value is 1.72. The molecule has 0 aromatic carbocycles. The van der Waals surface area contributed by atoms with Crippen LogP contribution in [-0.2, 0) is 14.9 Å². The van der Waals surface area contributed by atoms with Gasteiger partial charge in [-0.2, -0.15) is 33.7 Å². The van der Waals surface area contributed by atoms with Crippen LogP contribution in [-0.4, -0.2) is 87.0 Å². The normalized spacial score (nSPS) is 11.8. The van der Waals surface area contributed by atoms with Crippen LogP contribution in [0.4, 0.5) is 0 Å². The number of nitrogens with two attached hydrogens (primary N) is 1. The number of hydrogen-bond acceptors (Lipinski definition) is 5. The fourth-order valence-electron chi connectivity index (χ4n) is 0.973. The first kappa shape index (κ1) is 25.7. The van der Waals surface area contributed by atoms with Crippen molar-refractivity contribution < 1.29 is 17.8 Å². The Morgan fingerprint density at radius 3 is 2.11 bits per heavy atom. The number of amides is 1. The van der Waals surface area contributed by atoms with E-state index < -0.39 is 10.1 Å². The van der Waals surface area contributed by atoms with Gasteiger partial charge in [0.15, 0.2) is 0 Å². The first-order valence-electron chi connectivity index (χ1n) is 5.75. The zero-order chi connectivity index (χ0) is 14.6. The minimum atomic E-state index is -3.66. The van der Waals surface area contributed by atoms with Crippen molar-refractivity contribution in [2.45, 2.75) is 44.3 Å². The van der Waals surface area contributed by atoms with Crippen molar-refractivity contribution in [3.63, 3.8) is 0 Å². The van der Waals surface area contributed by atoms with Crippen LogP contribution < -0.4 is 5.73 Å². The molecule has 112 valence electrons. The molecule has 0 aliphatic carbocycles. The van der Waals surface area contributed by atoms with Crippen molar-refractivity contribution in [2.75, 3.05) is 11.5 Å². The van der Waals surface area contributed by atoms with E-state index in [1.807, 2.05) is 0 Å². The number of carbonyl (C=O) groups is 1. The SMILES string of the molecule is CCS(=O)(=O)O.NC(=O)CCCCC(S)CCS.[KH]. The molecule has 3 N–H and O–H groups in total. The Morgan fingerprint density at radius 1 is 1.32 bits per heavy atom. The van der Waals surface area contributed by atoms with Gasteiger partial charge in [-0.3, -0.25) is 9.35 Å². The van der Waals surface area contributed by atoms with Gasteiger partial charge in [0.1, 0.15) is 0 Å². The number of rotatable bonds is 8. The standard InChI is InChI=1S/C8H17NOS2.C2H6O3S.K.H/c9-8(10)4-2-1-3-7(12)5-6-11;1-2-6(3,4)5;;/h7,11-12H,1-6H2,(H2,9,10);2H2,1H3,(H,3,4,5);;. The van der Waals surface area contributed by atoms with Gasteiger partial charge in [0, 0.05) is 11.7 Å². The fourth-order valence-corrected chi connectivity index (χ4v) is 1.80. The molecule has 0 spiro atoms. The average molecular weight is 358 g/mol. The van der Waals surface area contributed by atoms with E-state index in [2.05, 4.69) is 25.3 Å². The Kier molecular flexibility index (Phi) is 21.7. The molecule has 0 aromatic heterocycles. The summed E-state index contributed by atoms with van der Waals surface area (Å²) < 4.78 is 26.9. The van der Waals surface area contributed by atoms with Crippen LogP contribution in [0.1, 0.15) is 39.0 Å². The van der Waals surface area contributed by atoms with Gasteiger partial charge < -0.3 is 5.73 Å². The molecule has 0 radical (unpaired) electrons. The quantitative estimate of drug-likeness (QED) is 0.224. The van der Waals surface area contributed by atoms with E-state index >= 15 is 0 Å². The van der Waals surface area contributed by atoms with Crippen LogP contribution in [0.2, 0.25) is 0 Å². The van der Waals surface area contributed by atoms with Crippen LogP contribution >= 0.6 is 25.3 Å². The molecule has 0 aromatic rings. The Balaban J connectivity index is -0.000000313. The molecule has 0 rings (SSSR count). The first-order chi connectivity index (χ1) is 8.22. The number of thiol groups is 2. The number of unbranched alkanes of at least 4 members (excludes halogenated alkanes) is 1. The third kappa shape index (κ3) is 28.6. The summed E-state index contributed by atoms with van der Waals surface area (Å²) in [6.45, 7) is 1.37. The second kappa shape index (κ2) is 16.1. The predicted octanol–water partition coefficient (Wildman–Crippen LogP) is 0.896. The molecule has 0 fully saturated rings. The fraction of sp³-hybridized carbons (Fsp3) is 0.900. The molecular formula is C10H24KNO4S3. The van der Waals surface area contributed by atoms with Crippen LogP contribution in [0.3, 0.4) is 0 Å². The van der Waals surface area contributed by atoms with E-state index in [1.54, 1.807) is 0 Å². The van der Waals surface area contributed by atoms with Crippen LogP contribution in [0.25, 0.3) is 0 Å². The molecule has 0 bridgehead atoms. The third-order valence-electron chi connectivity index (χ3n) is 2.04. The molecule has 1 unspecified atom stereocenters. The van der Waals surface area contributed by atoms with Crippen LogP contribution in [0, 0.1) is 0 Å². The summed E-state index contributed by atoms with van der Waals surface area (Å²) in [7, 11) is -3.66. The van der Waals surface area contributed by atoms with Gasteiger partial charge >= 0.3 is 51.4 Å². The summed E-state index contributed by atoms with van der Waals surface area (Å²) in [6.07, 6.45) is 4.50. The van der Waals surface area contributed by atoms with Gasteiger partial charge in [-0.1, -0.05) is 6.42 Å². The minimum absolute atomic E-state index is 0. The number of primary amides is 1. The second-order valence-electron chi connectivity index (χ2n) is 3.75. The Morgan fingerprint density at radius 2 is 1.79 bits per heavy atom. The van der Waals surface area contributed by atoms with E-state index in [-0.39, 0.29) is 63.0 Å². The maximum atomic E-state index is 10.4. The van der Waals surface area contributed by atoms with Gasteiger partial charge in [-0.25, -0.2) is 0 Å². The third-order valence-corrected chi connectivity index (χ3v) is 3.54. The molecule has 1 amide bonds. The van der Waals surface area contributed by atoms with Crippen molar-refractivity contribution in [2.24, 2.45) is 5.73 Å². The van der Waals surface area contributed by atoms with Crippen LogP contribution in [0.5, 0.6) is 0 Å². The number of carbonyl (C=O) groups excluding carboxylic acids is 1. The van der Waals surface area contributed by atoms with Gasteiger partial charge in [0.25, 0.3) is 10.1 Å². The zero-order valence-electron chi connectivity index (χ0n) is 10.6. The van der Waals surface area contributed by atoms with Crippen LogP contribution in [0.15, 0.2) is 0 Å². The van der Waals surface area contributed by atoms with E-state index in [4.69, 9.17) is 10.3 Å². The van der Waals surface area contributed by atoms with Crippen molar-refractivity contribution in [1.29, 1.82) is 0 Å². The Labute approximate surface area is 169 Å². The van der Waals surface area contributed by atoms with Crippen molar-refractivity contribution in [3.05, 3.63) is 0 Å². The van der Waals surface area contributed by atoms with Gasteiger partial charge in [0.2, 0.25) is 5.91 Å². The van der Waals surface area contributed by atoms with E-state index in [0.717, 1.165) is 31.4 Å². The van der Waals surface area contributed by atoms with Crippen molar-refractivity contribution in [1.82, 2.24) is 0 Å². The molecule has 1 atom stereocenters. The summed E-state index contributed by atoms with van der Waals surface area (Å²) in [6, 6.07) is 0. The summed E-state index contributed by atoms with van der Waals surface area (Å²) >= 11 is 8.48. The molecule has 0 aliphatic rings. The van der Waals surface area contributed by atoms with E-state index in [0.29, 0.717) is 11.7 Å². The molecule has 0 heterocycles. The van der Waals surface area contributed by atoms with Crippen molar-refractivity contribution >= 4 is 92.7 Å². The Bertz CT molecular complexity index is 312. The van der Waals surface area contributed by atoms with E-state index in [9.17, 15) is 13.2 Å². The summed E-state index contributed by atoms with van der Waals surface area (Å²) in [5.41, 5.74) is 5.00. The average Bonchev–Trinajstić information content (AvgIpc) is 2.24. The summed E-state index contributed by atoms with van der Waals surface area (Å²) in [4.78, 5) is 10.4. The summed E-state index contributed by atoms with van der Waals surface area (Å²) in [5.74, 6) is 0.469. The topological polar surface area (TPSA) is 97.5 Å². The molecular weight excluding hydrogens is 333 g/mol. The second-order valence-corrected chi connectivity index (χ2v) is 6.67. The van der Waals surface area contributed by atoms with Crippen molar-refractivity contribution in [3.8, 4) is 0 Å². The molecule has 0 saturated carbocycles. The number of hydrogen-bond donors (Lipinski definition) is 4. The molecule has 0 saturated heterocycles. The zero-order valence-corrected chi connectivity index (χ0v) is 13.2. The maximum absolute atomic E-state index is 10.4. The molecule has 9 heteroatoms. The molecule has 0 aliphatic heterocycles. The van der Waals surface area contributed by atoms with Gasteiger partial charge in [-0.05, 0) is 31.9 Å². The monoisotopic (exact) mass is 357 g/mol. The van der Waals surface area contributed by atoms with E-state index in [1.165, 1.54) is 6.92 Å². The van der Waals surface area contributed by atoms with Gasteiger partial charge in [-0.15, -0.1) is 0 Å².